The average Bonchev–Trinajstić information content (AvgIpc) is 1.90. The Morgan fingerprint density at radius 2 is 2.00 bits per heavy atom. The van der Waals surface area contributed by atoms with Crippen LogP contribution in [0.4, 0.5) is 0 Å². The van der Waals surface area contributed by atoms with Gasteiger partial charge in [-0.2, -0.15) is 0 Å². The zero-order chi connectivity index (χ0) is 6.69. The third-order valence-corrected chi connectivity index (χ3v) is 2.07. The maximum absolute atomic E-state index is 10.3. The number of hydrogen-bond donors (Lipinski definition) is 1. The molecule has 1 atom stereocenters. The summed E-state index contributed by atoms with van der Waals surface area (Å²) in [5, 5.41) is 3.05. The molecule has 0 aromatic heterocycles. The summed E-state index contributed by atoms with van der Waals surface area (Å²) in [6.07, 6.45) is 0. The number of rotatable bonds is 1. The Bertz CT molecular complexity index is 113. The molecule has 1 aliphatic heterocycles. The molecule has 0 spiro atoms. The van der Waals surface area contributed by atoms with Crippen LogP contribution in [0.3, 0.4) is 0 Å². The Morgan fingerprint density at radius 3 is 2.33 bits per heavy atom. The third-order valence-electron chi connectivity index (χ3n) is 1.29. The molecule has 0 radical (unpaired) electrons. The minimum Gasteiger partial charge on any atom is -0.760 e. The van der Waals surface area contributed by atoms with Crippen molar-refractivity contribution in [2.75, 3.05) is 26.2 Å². The Hall–Kier alpha value is 0.0300. The lowest BCUT2D eigenvalue weighted by atomic mass is 10.4. The summed E-state index contributed by atoms with van der Waals surface area (Å²) in [7, 11) is 0. The van der Waals surface area contributed by atoms with Crippen LogP contribution in [0.5, 0.6) is 0 Å². The molecule has 1 fully saturated rings. The van der Waals surface area contributed by atoms with E-state index in [1.165, 1.54) is 4.31 Å². The van der Waals surface area contributed by atoms with Crippen molar-refractivity contribution in [2.45, 2.75) is 0 Å². The molecule has 0 saturated carbocycles. The summed E-state index contributed by atoms with van der Waals surface area (Å²) < 4.78 is 21.9. The molecule has 5 heteroatoms. The molecule has 0 bridgehead atoms. The fourth-order valence-corrected chi connectivity index (χ4v) is 1.27. The monoisotopic (exact) mass is 149 g/mol. The lowest BCUT2D eigenvalue weighted by Gasteiger charge is -2.28. The second-order valence-electron chi connectivity index (χ2n) is 1.90. The summed E-state index contributed by atoms with van der Waals surface area (Å²) in [5.74, 6) is 0. The summed E-state index contributed by atoms with van der Waals surface area (Å²) in [4.78, 5) is 0. The average molecular weight is 149 g/mol. The van der Waals surface area contributed by atoms with Crippen molar-refractivity contribution in [2.24, 2.45) is 0 Å². The number of nitrogens with one attached hydrogen (secondary N) is 1. The van der Waals surface area contributed by atoms with Gasteiger partial charge in [0.2, 0.25) is 0 Å². The van der Waals surface area contributed by atoms with Crippen molar-refractivity contribution in [1.82, 2.24) is 9.62 Å². The van der Waals surface area contributed by atoms with Crippen molar-refractivity contribution in [3.05, 3.63) is 0 Å². The Morgan fingerprint density at radius 1 is 1.44 bits per heavy atom. The smallest absolute Gasteiger partial charge is 0.0228 e. The summed E-state index contributed by atoms with van der Waals surface area (Å²) >= 11 is -2.01. The Balaban J connectivity index is 2.31. The van der Waals surface area contributed by atoms with Crippen LogP contribution in [0.25, 0.3) is 0 Å². The second kappa shape index (κ2) is 3.26. The van der Waals surface area contributed by atoms with Gasteiger partial charge in [0.1, 0.15) is 0 Å². The van der Waals surface area contributed by atoms with Crippen molar-refractivity contribution >= 4 is 11.3 Å². The topological polar surface area (TPSA) is 55.4 Å². The SMILES string of the molecule is O=S([O-])N1CCNCC1. The van der Waals surface area contributed by atoms with Gasteiger partial charge in [-0.15, -0.1) is 0 Å². The van der Waals surface area contributed by atoms with E-state index in [2.05, 4.69) is 5.32 Å². The highest BCUT2D eigenvalue weighted by Crippen LogP contribution is 1.92. The number of hydrogen-bond acceptors (Lipinski definition) is 3. The fourth-order valence-electron chi connectivity index (χ4n) is 0.793. The van der Waals surface area contributed by atoms with E-state index in [4.69, 9.17) is 0 Å². The minimum absolute atomic E-state index is 0.607. The highest BCUT2D eigenvalue weighted by molar-refractivity contribution is 7.76. The molecule has 1 rings (SSSR count). The van der Waals surface area contributed by atoms with Crippen molar-refractivity contribution in [3.63, 3.8) is 0 Å². The van der Waals surface area contributed by atoms with Crippen LogP contribution < -0.4 is 5.32 Å². The van der Waals surface area contributed by atoms with Gasteiger partial charge in [-0.1, -0.05) is 0 Å². The molecule has 1 heterocycles. The largest absolute Gasteiger partial charge is 0.760 e. The third kappa shape index (κ3) is 2.02. The van der Waals surface area contributed by atoms with Crippen LogP contribution in [0.2, 0.25) is 0 Å². The van der Waals surface area contributed by atoms with Crippen molar-refractivity contribution in [1.29, 1.82) is 0 Å². The van der Waals surface area contributed by atoms with Crippen LogP contribution in [-0.2, 0) is 11.3 Å². The van der Waals surface area contributed by atoms with E-state index >= 15 is 0 Å². The van der Waals surface area contributed by atoms with E-state index in [-0.39, 0.29) is 0 Å². The number of piperazine rings is 1. The lowest BCUT2D eigenvalue weighted by molar-refractivity contribution is 0.346. The first kappa shape index (κ1) is 7.14. The predicted octanol–water partition coefficient (Wildman–Crippen LogP) is -1.31. The number of nitrogens with zero attached hydrogens (tertiary/aromatic N) is 1. The van der Waals surface area contributed by atoms with Gasteiger partial charge in [-0.3, -0.25) is 4.21 Å². The first-order valence-corrected chi connectivity index (χ1v) is 3.89. The standard InChI is InChI=1S/C4H10N2O2S/c7-9(8)6-3-1-5-2-4-6/h5H,1-4H2,(H,7,8)/p-1. The van der Waals surface area contributed by atoms with Crippen LogP contribution in [0, 0.1) is 0 Å². The summed E-state index contributed by atoms with van der Waals surface area (Å²) in [6.45, 7) is 2.76. The van der Waals surface area contributed by atoms with Gasteiger partial charge in [-0.25, -0.2) is 4.31 Å². The molecule has 1 aliphatic rings. The van der Waals surface area contributed by atoms with Gasteiger partial charge in [0.25, 0.3) is 0 Å². The minimum atomic E-state index is -2.01. The van der Waals surface area contributed by atoms with Gasteiger partial charge in [0.05, 0.1) is 0 Å². The first-order valence-electron chi connectivity index (χ1n) is 2.86. The summed E-state index contributed by atoms with van der Waals surface area (Å²) in [5.41, 5.74) is 0. The summed E-state index contributed by atoms with van der Waals surface area (Å²) in [6, 6.07) is 0. The molecule has 0 aromatic carbocycles. The molecule has 54 valence electrons. The van der Waals surface area contributed by atoms with E-state index in [0.29, 0.717) is 13.1 Å². The molecule has 0 aliphatic carbocycles. The molecule has 1 saturated heterocycles. The van der Waals surface area contributed by atoms with Crippen LogP contribution >= 0.6 is 0 Å². The highest BCUT2D eigenvalue weighted by Gasteiger charge is 2.07. The first-order chi connectivity index (χ1) is 4.30. The van der Waals surface area contributed by atoms with Crippen molar-refractivity contribution in [3.8, 4) is 0 Å². The Labute approximate surface area is 56.7 Å². The lowest BCUT2D eigenvalue weighted by Crippen LogP contribution is -2.44. The zero-order valence-electron chi connectivity index (χ0n) is 5.00. The molecule has 1 N–H and O–H groups in total. The van der Waals surface area contributed by atoms with E-state index < -0.39 is 11.3 Å². The van der Waals surface area contributed by atoms with Gasteiger partial charge in [0.15, 0.2) is 0 Å². The molecule has 0 amide bonds. The molecular weight excluding hydrogens is 140 g/mol. The van der Waals surface area contributed by atoms with E-state index in [1.54, 1.807) is 0 Å². The normalized spacial score (nSPS) is 25.9. The molecular formula is C4H9N2O2S-. The molecule has 0 aromatic rings. The maximum atomic E-state index is 10.3. The fraction of sp³-hybridized carbons (Fsp3) is 1.00. The van der Waals surface area contributed by atoms with Crippen LogP contribution in [0.1, 0.15) is 0 Å². The quantitative estimate of drug-likeness (QED) is 0.471. The zero-order valence-corrected chi connectivity index (χ0v) is 5.82. The van der Waals surface area contributed by atoms with E-state index in [1.807, 2.05) is 0 Å². The van der Waals surface area contributed by atoms with Gasteiger partial charge >= 0.3 is 0 Å². The molecule has 1 unspecified atom stereocenters. The van der Waals surface area contributed by atoms with Crippen LogP contribution in [-0.4, -0.2) is 39.2 Å². The van der Waals surface area contributed by atoms with Gasteiger partial charge in [-0.05, 0) is 0 Å². The second-order valence-corrected chi connectivity index (χ2v) is 2.85. The van der Waals surface area contributed by atoms with Gasteiger partial charge < -0.3 is 9.87 Å². The van der Waals surface area contributed by atoms with Crippen LogP contribution in [0.15, 0.2) is 0 Å². The highest BCUT2D eigenvalue weighted by atomic mass is 32.2. The molecule has 9 heavy (non-hydrogen) atoms. The predicted molar refractivity (Wildman–Crippen MR) is 33.4 cm³/mol. The molecule has 4 nitrogen and oxygen atoms in total. The van der Waals surface area contributed by atoms with E-state index in [0.717, 1.165) is 13.1 Å². The Kier molecular flexibility index (Phi) is 2.59. The maximum Gasteiger partial charge on any atom is 0.0228 e. The van der Waals surface area contributed by atoms with Gasteiger partial charge in [0, 0.05) is 37.4 Å². The van der Waals surface area contributed by atoms with E-state index in [9.17, 15) is 8.76 Å². The van der Waals surface area contributed by atoms with Crippen molar-refractivity contribution < 1.29 is 8.76 Å².